The van der Waals surface area contributed by atoms with Gasteiger partial charge in [-0.2, -0.15) is 0 Å². The summed E-state index contributed by atoms with van der Waals surface area (Å²) in [5.74, 6) is 0.0944. The zero-order valence-electron chi connectivity index (χ0n) is 11.9. The number of hydrogen-bond donors (Lipinski definition) is 2. The van der Waals surface area contributed by atoms with Crippen molar-refractivity contribution in [2.75, 3.05) is 32.7 Å². The van der Waals surface area contributed by atoms with Gasteiger partial charge in [-0.3, -0.25) is 9.69 Å². The van der Waals surface area contributed by atoms with Gasteiger partial charge in [0.05, 0.1) is 18.2 Å². The molecule has 0 aromatic heterocycles. The van der Waals surface area contributed by atoms with Gasteiger partial charge in [0.25, 0.3) is 0 Å². The van der Waals surface area contributed by atoms with Crippen LogP contribution in [0.3, 0.4) is 0 Å². The van der Waals surface area contributed by atoms with Crippen LogP contribution in [0.25, 0.3) is 0 Å². The largest absolute Gasteiger partial charge is 0.368 e. The lowest BCUT2D eigenvalue weighted by Crippen LogP contribution is -2.56. The first-order chi connectivity index (χ1) is 8.46. The number of rotatable bonds is 6. The molecule has 0 spiro atoms. The molecule has 0 radical (unpaired) electrons. The zero-order valence-corrected chi connectivity index (χ0v) is 11.9. The maximum atomic E-state index is 11.8. The third-order valence-corrected chi connectivity index (χ3v) is 3.03. The van der Waals surface area contributed by atoms with E-state index in [1.165, 1.54) is 0 Å². The van der Waals surface area contributed by atoms with Crippen molar-refractivity contribution in [3.05, 3.63) is 0 Å². The summed E-state index contributed by atoms with van der Waals surface area (Å²) in [6, 6.07) is 0. The Morgan fingerprint density at radius 2 is 2.28 bits per heavy atom. The van der Waals surface area contributed by atoms with Crippen LogP contribution in [-0.2, 0) is 9.53 Å². The molecule has 5 heteroatoms. The monoisotopic (exact) mass is 257 g/mol. The van der Waals surface area contributed by atoms with Crippen molar-refractivity contribution in [3.8, 4) is 0 Å². The van der Waals surface area contributed by atoms with Crippen molar-refractivity contribution >= 4 is 5.91 Å². The fourth-order valence-electron chi connectivity index (χ4n) is 2.32. The predicted octanol–water partition coefficient (Wildman–Crippen LogP) is 0.341. The quantitative estimate of drug-likeness (QED) is 0.673. The van der Waals surface area contributed by atoms with Crippen LogP contribution in [-0.4, -0.2) is 55.2 Å². The van der Waals surface area contributed by atoms with Crippen LogP contribution < -0.4 is 11.1 Å². The minimum absolute atomic E-state index is 0.0252. The summed E-state index contributed by atoms with van der Waals surface area (Å²) in [7, 11) is 0. The number of nitrogens with one attached hydrogen (secondary N) is 1. The van der Waals surface area contributed by atoms with E-state index in [-0.39, 0.29) is 17.6 Å². The average Bonchev–Trinajstić information content (AvgIpc) is 2.27. The molecular weight excluding hydrogens is 230 g/mol. The Labute approximate surface area is 110 Å². The van der Waals surface area contributed by atoms with Gasteiger partial charge in [0.15, 0.2) is 0 Å². The SMILES string of the molecule is CCCCNC(=O)CN1CC(CN)OC(C)(C)C1. The second-order valence-electron chi connectivity index (χ2n) is 5.61. The highest BCUT2D eigenvalue weighted by molar-refractivity contribution is 5.78. The number of morpholine rings is 1. The minimum Gasteiger partial charge on any atom is -0.368 e. The second-order valence-corrected chi connectivity index (χ2v) is 5.61. The standard InChI is InChI=1S/C13H27N3O2/c1-4-5-6-15-12(17)9-16-8-11(7-14)18-13(2,3)10-16/h11H,4-10,14H2,1-3H3,(H,15,17). The Kier molecular flexibility index (Phi) is 6.05. The van der Waals surface area contributed by atoms with Gasteiger partial charge in [-0.25, -0.2) is 0 Å². The van der Waals surface area contributed by atoms with Gasteiger partial charge in [-0.15, -0.1) is 0 Å². The first kappa shape index (κ1) is 15.4. The summed E-state index contributed by atoms with van der Waals surface area (Å²) in [6.45, 7) is 9.40. The first-order valence-corrected chi connectivity index (χ1v) is 6.84. The number of carbonyl (C=O) groups excluding carboxylic acids is 1. The molecular formula is C13H27N3O2. The smallest absolute Gasteiger partial charge is 0.234 e. The molecule has 1 saturated heterocycles. The Morgan fingerprint density at radius 3 is 2.89 bits per heavy atom. The van der Waals surface area contributed by atoms with E-state index in [2.05, 4.69) is 17.1 Å². The average molecular weight is 257 g/mol. The molecule has 0 bridgehead atoms. The van der Waals surface area contributed by atoms with Gasteiger partial charge >= 0.3 is 0 Å². The van der Waals surface area contributed by atoms with Crippen molar-refractivity contribution in [2.45, 2.75) is 45.3 Å². The molecule has 0 aromatic rings. The van der Waals surface area contributed by atoms with E-state index in [1.807, 2.05) is 13.8 Å². The minimum atomic E-state index is -0.230. The second kappa shape index (κ2) is 7.07. The molecule has 1 aliphatic heterocycles. The van der Waals surface area contributed by atoms with Crippen LogP contribution in [0.1, 0.15) is 33.6 Å². The highest BCUT2D eigenvalue weighted by Crippen LogP contribution is 2.20. The summed E-state index contributed by atoms with van der Waals surface area (Å²) in [4.78, 5) is 13.9. The number of ether oxygens (including phenoxy) is 1. The Balaban J connectivity index is 2.38. The molecule has 1 rings (SSSR count). The summed E-state index contributed by atoms with van der Waals surface area (Å²) < 4.78 is 5.83. The summed E-state index contributed by atoms with van der Waals surface area (Å²) >= 11 is 0. The Morgan fingerprint density at radius 1 is 1.56 bits per heavy atom. The summed E-state index contributed by atoms with van der Waals surface area (Å²) in [5.41, 5.74) is 5.43. The zero-order chi connectivity index (χ0) is 13.6. The molecule has 0 aromatic carbocycles. The van der Waals surface area contributed by atoms with E-state index in [0.29, 0.717) is 13.1 Å². The molecule has 1 aliphatic rings. The molecule has 3 N–H and O–H groups in total. The molecule has 18 heavy (non-hydrogen) atoms. The number of nitrogens with two attached hydrogens (primary N) is 1. The molecule has 106 valence electrons. The highest BCUT2D eigenvalue weighted by Gasteiger charge is 2.33. The number of amides is 1. The van der Waals surface area contributed by atoms with Crippen LogP contribution in [0, 0.1) is 0 Å². The number of carbonyl (C=O) groups is 1. The lowest BCUT2D eigenvalue weighted by Gasteiger charge is -2.42. The van der Waals surface area contributed by atoms with Crippen LogP contribution in [0.15, 0.2) is 0 Å². The molecule has 1 amide bonds. The topological polar surface area (TPSA) is 67.6 Å². The van der Waals surface area contributed by atoms with Gasteiger partial charge in [-0.05, 0) is 20.3 Å². The van der Waals surface area contributed by atoms with E-state index in [9.17, 15) is 4.79 Å². The van der Waals surface area contributed by atoms with E-state index in [0.717, 1.165) is 32.5 Å². The van der Waals surface area contributed by atoms with E-state index in [1.54, 1.807) is 0 Å². The van der Waals surface area contributed by atoms with Crippen LogP contribution in [0.2, 0.25) is 0 Å². The fourth-order valence-corrected chi connectivity index (χ4v) is 2.32. The Bertz CT molecular complexity index is 269. The van der Waals surface area contributed by atoms with Crippen molar-refractivity contribution in [2.24, 2.45) is 5.73 Å². The predicted molar refractivity (Wildman–Crippen MR) is 72.4 cm³/mol. The van der Waals surface area contributed by atoms with Crippen LogP contribution >= 0.6 is 0 Å². The fraction of sp³-hybridized carbons (Fsp3) is 0.923. The van der Waals surface area contributed by atoms with Gasteiger partial charge in [-0.1, -0.05) is 13.3 Å². The van der Waals surface area contributed by atoms with Gasteiger partial charge in [0.2, 0.25) is 5.91 Å². The highest BCUT2D eigenvalue weighted by atomic mass is 16.5. The third kappa shape index (κ3) is 5.33. The van der Waals surface area contributed by atoms with Gasteiger partial charge in [0.1, 0.15) is 0 Å². The Hall–Kier alpha value is -0.650. The van der Waals surface area contributed by atoms with Crippen LogP contribution in [0.4, 0.5) is 0 Å². The normalized spacial score (nSPS) is 23.9. The van der Waals surface area contributed by atoms with E-state index < -0.39 is 0 Å². The number of hydrogen-bond acceptors (Lipinski definition) is 4. The van der Waals surface area contributed by atoms with Gasteiger partial charge < -0.3 is 15.8 Å². The molecule has 1 fully saturated rings. The first-order valence-electron chi connectivity index (χ1n) is 6.84. The van der Waals surface area contributed by atoms with E-state index in [4.69, 9.17) is 10.5 Å². The molecule has 0 saturated carbocycles. The van der Waals surface area contributed by atoms with Crippen LogP contribution in [0.5, 0.6) is 0 Å². The number of nitrogens with zero attached hydrogens (tertiary/aromatic N) is 1. The molecule has 1 atom stereocenters. The number of unbranched alkanes of at least 4 members (excludes halogenated alkanes) is 1. The molecule has 0 aliphatic carbocycles. The molecule has 1 heterocycles. The molecule has 1 unspecified atom stereocenters. The summed E-state index contributed by atoms with van der Waals surface area (Å²) in [6.07, 6.45) is 2.16. The molecule has 5 nitrogen and oxygen atoms in total. The van der Waals surface area contributed by atoms with Crippen molar-refractivity contribution in [1.29, 1.82) is 0 Å². The maximum Gasteiger partial charge on any atom is 0.234 e. The summed E-state index contributed by atoms with van der Waals surface area (Å²) in [5, 5.41) is 2.94. The lowest BCUT2D eigenvalue weighted by molar-refractivity contribution is -0.141. The van der Waals surface area contributed by atoms with Gasteiger partial charge in [0, 0.05) is 26.2 Å². The van der Waals surface area contributed by atoms with Crippen molar-refractivity contribution < 1.29 is 9.53 Å². The third-order valence-electron chi connectivity index (χ3n) is 3.03. The van der Waals surface area contributed by atoms with E-state index >= 15 is 0 Å². The van der Waals surface area contributed by atoms with Crippen molar-refractivity contribution in [1.82, 2.24) is 10.2 Å². The maximum absolute atomic E-state index is 11.8. The van der Waals surface area contributed by atoms with Crippen molar-refractivity contribution in [3.63, 3.8) is 0 Å². The lowest BCUT2D eigenvalue weighted by atomic mass is 10.1.